The van der Waals surface area contributed by atoms with Gasteiger partial charge in [0.15, 0.2) is 0 Å². The molecule has 0 fully saturated rings. The summed E-state index contributed by atoms with van der Waals surface area (Å²) in [5, 5.41) is 24.9. The molecule has 1 rings (SSSR count). The summed E-state index contributed by atoms with van der Waals surface area (Å²) in [6.07, 6.45) is 1.12. The molecule has 0 aliphatic heterocycles. The van der Waals surface area contributed by atoms with Gasteiger partial charge in [-0.25, -0.2) is 9.59 Å². The maximum Gasteiger partial charge on any atom is 0.328 e. The fourth-order valence-corrected chi connectivity index (χ4v) is 1.16. The number of pyridine rings is 1. The Morgan fingerprint density at radius 1 is 1.11 bits per heavy atom. The number of aryl methyl sites for hydroxylation is 3. The highest BCUT2D eigenvalue weighted by Crippen LogP contribution is 2.18. The van der Waals surface area contributed by atoms with Gasteiger partial charge in [-0.15, -0.1) is 0 Å². The number of aromatic nitrogens is 1. The Balaban J connectivity index is 0.000000331. The molecule has 0 aliphatic rings. The van der Waals surface area contributed by atoms with Gasteiger partial charge in [-0.2, -0.15) is 0 Å². The third kappa shape index (κ3) is 6.26. The first kappa shape index (κ1) is 15.6. The van der Waals surface area contributed by atoms with Crippen molar-refractivity contribution in [2.45, 2.75) is 20.8 Å². The molecule has 3 N–H and O–H groups in total. The quantitative estimate of drug-likeness (QED) is 0.688. The van der Waals surface area contributed by atoms with Crippen LogP contribution in [0.15, 0.2) is 18.2 Å². The first-order chi connectivity index (χ1) is 8.23. The van der Waals surface area contributed by atoms with Crippen LogP contribution in [0.2, 0.25) is 0 Å². The topological polar surface area (TPSA) is 108 Å². The molecule has 0 amide bonds. The second-order valence-corrected chi connectivity index (χ2v) is 3.52. The summed E-state index contributed by atoms with van der Waals surface area (Å²) < 4.78 is 0. The van der Waals surface area contributed by atoms with Gasteiger partial charge in [0, 0.05) is 17.8 Å². The van der Waals surface area contributed by atoms with E-state index in [2.05, 4.69) is 4.98 Å². The van der Waals surface area contributed by atoms with Gasteiger partial charge in [0.2, 0.25) is 0 Å². The Bertz CT molecular complexity index is 440. The molecule has 0 unspecified atom stereocenters. The van der Waals surface area contributed by atoms with Crippen molar-refractivity contribution in [1.29, 1.82) is 0 Å². The van der Waals surface area contributed by atoms with Crippen LogP contribution < -0.4 is 0 Å². The van der Waals surface area contributed by atoms with Gasteiger partial charge >= 0.3 is 11.9 Å². The van der Waals surface area contributed by atoms with Gasteiger partial charge in [-0.05, 0) is 32.4 Å². The van der Waals surface area contributed by atoms with E-state index < -0.39 is 11.9 Å². The van der Waals surface area contributed by atoms with E-state index in [0.29, 0.717) is 23.6 Å². The molecule has 0 aliphatic carbocycles. The fraction of sp³-hybridized carbons (Fsp3) is 0.250. The minimum Gasteiger partial charge on any atom is -0.506 e. The highest BCUT2D eigenvalue weighted by atomic mass is 16.4. The van der Waals surface area contributed by atoms with Crippen molar-refractivity contribution in [3.63, 3.8) is 0 Å². The van der Waals surface area contributed by atoms with Crippen LogP contribution >= 0.6 is 0 Å². The summed E-state index contributed by atoms with van der Waals surface area (Å²) in [6, 6.07) is 1.86. The predicted molar refractivity (Wildman–Crippen MR) is 64.5 cm³/mol. The third-order valence-electron chi connectivity index (χ3n) is 1.85. The van der Waals surface area contributed by atoms with Crippen LogP contribution in [0.25, 0.3) is 0 Å². The van der Waals surface area contributed by atoms with E-state index in [4.69, 9.17) is 10.2 Å². The van der Waals surface area contributed by atoms with Crippen LogP contribution in [0.1, 0.15) is 17.0 Å². The maximum atomic E-state index is 9.55. The summed E-state index contributed by atoms with van der Waals surface area (Å²) in [5.41, 5.74) is 2.55. The second-order valence-electron chi connectivity index (χ2n) is 3.52. The minimum atomic E-state index is -1.26. The molecule has 98 valence electrons. The molecule has 0 saturated carbocycles. The normalized spacial score (nSPS) is 9.72. The van der Waals surface area contributed by atoms with Gasteiger partial charge in [0.05, 0.1) is 5.69 Å². The second kappa shape index (κ2) is 7.05. The Kier molecular flexibility index (Phi) is 6.12. The largest absolute Gasteiger partial charge is 0.506 e. The number of aromatic hydroxyl groups is 1. The molecule has 1 aromatic rings. The van der Waals surface area contributed by atoms with E-state index in [1.54, 1.807) is 6.92 Å². The van der Waals surface area contributed by atoms with Gasteiger partial charge < -0.3 is 15.3 Å². The zero-order valence-corrected chi connectivity index (χ0v) is 10.3. The van der Waals surface area contributed by atoms with Crippen LogP contribution in [0.5, 0.6) is 5.75 Å². The zero-order chi connectivity index (χ0) is 14.3. The molecular formula is C12H15NO5. The van der Waals surface area contributed by atoms with Crippen LogP contribution in [-0.4, -0.2) is 32.2 Å². The van der Waals surface area contributed by atoms with Crippen molar-refractivity contribution >= 4 is 11.9 Å². The number of hydrogen-bond acceptors (Lipinski definition) is 4. The first-order valence-electron chi connectivity index (χ1n) is 5.01. The van der Waals surface area contributed by atoms with E-state index in [-0.39, 0.29) is 0 Å². The molecular weight excluding hydrogens is 238 g/mol. The van der Waals surface area contributed by atoms with Crippen molar-refractivity contribution in [2.24, 2.45) is 0 Å². The lowest BCUT2D eigenvalue weighted by Gasteiger charge is -2.02. The third-order valence-corrected chi connectivity index (χ3v) is 1.85. The molecule has 0 spiro atoms. The highest BCUT2D eigenvalue weighted by Gasteiger charge is 2.00. The molecule has 0 atom stereocenters. The van der Waals surface area contributed by atoms with Crippen LogP contribution in [0.4, 0.5) is 0 Å². The lowest BCUT2D eigenvalue weighted by Crippen LogP contribution is -1.91. The number of nitrogens with zero attached hydrogens (tertiary/aromatic N) is 1. The van der Waals surface area contributed by atoms with Crippen molar-refractivity contribution in [3.8, 4) is 5.75 Å². The fourth-order valence-electron chi connectivity index (χ4n) is 1.16. The molecule has 0 bridgehead atoms. The van der Waals surface area contributed by atoms with E-state index in [1.807, 2.05) is 19.9 Å². The molecule has 0 radical (unpaired) electrons. The first-order valence-corrected chi connectivity index (χ1v) is 5.01. The predicted octanol–water partition coefficient (Wildman–Crippen LogP) is 1.42. The summed E-state index contributed by atoms with van der Waals surface area (Å²) >= 11 is 0. The molecule has 6 nitrogen and oxygen atoms in total. The van der Waals surface area contributed by atoms with E-state index in [0.717, 1.165) is 11.3 Å². The van der Waals surface area contributed by atoms with E-state index >= 15 is 0 Å². The standard InChI is InChI=1S/C8H11NO.C4H4O4/c1-5-4-6(2)9-7(3)8(5)10;5-3(6)1-2-4(7)8/h4,10H,1-3H3;1-2H,(H,5,6)(H,7,8)/b;2-1+. The van der Waals surface area contributed by atoms with Crippen molar-refractivity contribution in [2.75, 3.05) is 0 Å². The summed E-state index contributed by atoms with van der Waals surface area (Å²) in [6.45, 7) is 5.59. The van der Waals surface area contributed by atoms with Gasteiger partial charge in [-0.3, -0.25) is 4.98 Å². The van der Waals surface area contributed by atoms with Gasteiger partial charge in [-0.1, -0.05) is 0 Å². The van der Waals surface area contributed by atoms with Crippen molar-refractivity contribution in [3.05, 3.63) is 35.2 Å². The van der Waals surface area contributed by atoms with Gasteiger partial charge in [0.1, 0.15) is 5.75 Å². The Labute approximate surface area is 104 Å². The number of carboxylic acid groups (broad SMARTS) is 2. The Morgan fingerprint density at radius 2 is 1.56 bits per heavy atom. The summed E-state index contributed by atoms with van der Waals surface area (Å²) in [4.78, 5) is 23.2. The van der Waals surface area contributed by atoms with Crippen LogP contribution in [0, 0.1) is 20.8 Å². The molecule has 0 aromatic carbocycles. The van der Waals surface area contributed by atoms with Crippen molar-refractivity contribution in [1.82, 2.24) is 4.98 Å². The average molecular weight is 253 g/mol. The molecule has 6 heteroatoms. The number of carbonyl (C=O) groups is 2. The SMILES string of the molecule is Cc1cc(C)c(O)c(C)n1.O=C(O)/C=C/C(=O)O. The molecule has 0 saturated heterocycles. The number of aliphatic carboxylic acids is 2. The lowest BCUT2D eigenvalue weighted by molar-refractivity contribution is -0.134. The Hall–Kier alpha value is -2.37. The zero-order valence-electron chi connectivity index (χ0n) is 10.3. The summed E-state index contributed by atoms with van der Waals surface area (Å²) in [7, 11) is 0. The average Bonchev–Trinajstić information content (AvgIpc) is 2.24. The number of hydrogen-bond donors (Lipinski definition) is 3. The molecule has 1 aromatic heterocycles. The van der Waals surface area contributed by atoms with E-state index in [1.165, 1.54) is 0 Å². The Morgan fingerprint density at radius 3 is 1.89 bits per heavy atom. The summed E-state index contributed by atoms with van der Waals surface area (Å²) in [5.74, 6) is -2.20. The smallest absolute Gasteiger partial charge is 0.328 e. The maximum absolute atomic E-state index is 9.55. The van der Waals surface area contributed by atoms with Crippen molar-refractivity contribution < 1.29 is 24.9 Å². The molecule has 18 heavy (non-hydrogen) atoms. The molecule has 1 heterocycles. The number of carboxylic acids is 2. The van der Waals surface area contributed by atoms with E-state index in [9.17, 15) is 14.7 Å². The number of rotatable bonds is 2. The van der Waals surface area contributed by atoms with Crippen LogP contribution in [-0.2, 0) is 9.59 Å². The lowest BCUT2D eigenvalue weighted by atomic mass is 10.2. The minimum absolute atomic E-state index is 0.311. The monoisotopic (exact) mass is 253 g/mol. The van der Waals surface area contributed by atoms with Gasteiger partial charge in [0.25, 0.3) is 0 Å². The highest BCUT2D eigenvalue weighted by molar-refractivity contribution is 5.89. The van der Waals surface area contributed by atoms with Crippen LogP contribution in [0.3, 0.4) is 0 Å².